The van der Waals surface area contributed by atoms with E-state index >= 15 is 0 Å². The molecule has 4 nitrogen and oxygen atoms in total. The summed E-state index contributed by atoms with van der Waals surface area (Å²) in [5.74, 6) is 0. The van der Waals surface area contributed by atoms with Crippen LogP contribution < -0.4 is 4.73 Å². The second-order valence-electron chi connectivity index (χ2n) is 8.09. The quantitative estimate of drug-likeness (QED) is 0.245. The van der Waals surface area contributed by atoms with Gasteiger partial charge in [0.05, 0.1) is 11.4 Å². The van der Waals surface area contributed by atoms with Gasteiger partial charge in [0, 0.05) is 24.8 Å². The lowest BCUT2D eigenvalue weighted by atomic mass is 10.0. The largest absolute Gasteiger partial charge is 0.618 e. The molecule has 4 heteroatoms. The molecule has 0 spiro atoms. The average Bonchev–Trinajstić information content (AvgIpc) is 2.86. The van der Waals surface area contributed by atoms with Crippen LogP contribution in [-0.2, 0) is 0 Å². The Morgan fingerprint density at radius 3 is 1.82 bits per heavy atom. The Morgan fingerprint density at radius 1 is 0.545 bits per heavy atom. The molecule has 0 bridgehead atoms. The molecule has 0 atom stereocenters. The molecule has 3 heterocycles. The van der Waals surface area contributed by atoms with Crippen LogP contribution in [0.15, 0.2) is 103 Å². The first kappa shape index (κ1) is 20.6. The number of aryl methyl sites for hydroxylation is 2. The predicted molar refractivity (Wildman–Crippen MR) is 132 cm³/mol. The lowest BCUT2D eigenvalue weighted by Gasteiger charge is -2.11. The zero-order chi connectivity index (χ0) is 22.8. The van der Waals surface area contributed by atoms with E-state index in [1.165, 1.54) is 0 Å². The van der Waals surface area contributed by atoms with Crippen LogP contribution in [0.3, 0.4) is 0 Å². The topological polar surface area (TPSA) is 52.7 Å². The molecule has 160 valence electrons. The molecule has 0 unspecified atom stereocenters. The molecule has 5 aromatic rings. The van der Waals surface area contributed by atoms with Crippen LogP contribution in [-0.4, -0.2) is 9.97 Å². The number of hydrogen-bond acceptors (Lipinski definition) is 3. The van der Waals surface area contributed by atoms with E-state index < -0.39 is 0 Å². The van der Waals surface area contributed by atoms with E-state index in [-0.39, 0.29) is 0 Å². The Morgan fingerprint density at radius 2 is 1.15 bits per heavy atom. The summed E-state index contributed by atoms with van der Waals surface area (Å²) >= 11 is 0. The molecule has 0 saturated heterocycles. The summed E-state index contributed by atoms with van der Waals surface area (Å²) in [4.78, 5) is 9.56. The second-order valence-corrected chi connectivity index (χ2v) is 8.09. The maximum atomic E-state index is 13.0. The first-order valence-corrected chi connectivity index (χ1v) is 10.9. The highest BCUT2D eigenvalue weighted by Gasteiger charge is 2.17. The third-order valence-corrected chi connectivity index (χ3v) is 5.64. The Bertz CT molecular complexity index is 1430. The number of aromatic nitrogens is 3. The first-order valence-electron chi connectivity index (χ1n) is 10.9. The third kappa shape index (κ3) is 4.23. The van der Waals surface area contributed by atoms with E-state index in [1.54, 1.807) is 0 Å². The highest BCUT2D eigenvalue weighted by atomic mass is 16.5. The van der Waals surface area contributed by atoms with Gasteiger partial charge in [-0.2, -0.15) is 4.73 Å². The van der Waals surface area contributed by atoms with E-state index in [2.05, 4.69) is 18.2 Å². The van der Waals surface area contributed by atoms with Crippen molar-refractivity contribution in [2.75, 3.05) is 0 Å². The minimum Gasteiger partial charge on any atom is -0.618 e. The summed E-state index contributed by atoms with van der Waals surface area (Å²) in [5.41, 5.74) is 8.46. The lowest BCUT2D eigenvalue weighted by Crippen LogP contribution is -2.33. The highest BCUT2D eigenvalue weighted by molar-refractivity contribution is 5.72. The predicted octanol–water partition coefficient (Wildman–Crippen LogP) is 6.39. The molecule has 33 heavy (non-hydrogen) atoms. The van der Waals surface area contributed by atoms with Crippen molar-refractivity contribution in [1.29, 1.82) is 0 Å². The van der Waals surface area contributed by atoms with Gasteiger partial charge >= 0.3 is 0 Å². The van der Waals surface area contributed by atoms with E-state index in [4.69, 9.17) is 9.97 Å². The van der Waals surface area contributed by atoms with E-state index in [0.29, 0.717) is 17.1 Å². The molecule has 5 rings (SSSR count). The van der Waals surface area contributed by atoms with Crippen molar-refractivity contribution >= 4 is 0 Å². The number of nitrogens with zero attached hydrogens (tertiary/aromatic N) is 3. The molecule has 0 N–H and O–H groups in total. The summed E-state index contributed by atoms with van der Waals surface area (Å²) < 4.78 is 0.942. The van der Waals surface area contributed by atoms with Crippen molar-refractivity contribution in [3.63, 3.8) is 0 Å². The standard InChI is InChI=1S/C29H23N3O/c1-20-16-24(22-10-5-3-6-11-22)18-28(30-20)26-14-9-15-27(31-26)29-19-25(17-21(2)32(29)33)23-12-7-4-8-13-23/h3-19H,1-2H3. The van der Waals surface area contributed by atoms with Crippen LogP contribution in [0.25, 0.3) is 45.0 Å². The second kappa shape index (κ2) is 8.67. The number of benzene rings is 2. The van der Waals surface area contributed by atoms with Gasteiger partial charge in [0.25, 0.3) is 0 Å². The maximum absolute atomic E-state index is 13.0. The van der Waals surface area contributed by atoms with Crippen LogP contribution in [0.4, 0.5) is 0 Å². The molecule has 2 aromatic carbocycles. The van der Waals surface area contributed by atoms with Gasteiger partial charge in [-0.15, -0.1) is 0 Å². The summed E-state index contributed by atoms with van der Waals surface area (Å²) in [7, 11) is 0. The normalized spacial score (nSPS) is 10.8. The monoisotopic (exact) mass is 429 g/mol. The zero-order valence-corrected chi connectivity index (χ0v) is 18.6. The Hall–Kier alpha value is -4.31. The van der Waals surface area contributed by atoms with Crippen molar-refractivity contribution < 1.29 is 4.73 Å². The van der Waals surface area contributed by atoms with Crippen LogP contribution in [0, 0.1) is 19.1 Å². The molecule has 0 radical (unpaired) electrons. The average molecular weight is 430 g/mol. The molecule has 3 aromatic heterocycles. The molecular formula is C29H23N3O. The zero-order valence-electron chi connectivity index (χ0n) is 18.6. The SMILES string of the molecule is Cc1cc(-c2ccccc2)cc(-c2cccc(-c3cc(-c4ccccc4)cc(C)[n+]3[O-])n2)n1. The van der Waals surface area contributed by atoms with Crippen LogP contribution >= 0.6 is 0 Å². The minimum atomic E-state index is 0.520. The number of pyridine rings is 3. The van der Waals surface area contributed by atoms with Crippen molar-refractivity contribution in [2.45, 2.75) is 13.8 Å². The first-order chi connectivity index (χ1) is 16.1. The van der Waals surface area contributed by atoms with Gasteiger partial charge in [-0.3, -0.25) is 4.98 Å². The van der Waals surface area contributed by atoms with Crippen molar-refractivity contribution in [2.24, 2.45) is 0 Å². The minimum absolute atomic E-state index is 0.520. The smallest absolute Gasteiger partial charge is 0.243 e. The maximum Gasteiger partial charge on any atom is 0.243 e. The molecule has 0 aliphatic rings. The van der Waals surface area contributed by atoms with E-state index in [0.717, 1.165) is 44.1 Å². The van der Waals surface area contributed by atoms with Gasteiger partial charge < -0.3 is 5.21 Å². The summed E-state index contributed by atoms with van der Waals surface area (Å²) in [6.45, 7) is 3.80. The fraction of sp³-hybridized carbons (Fsp3) is 0.0690. The fourth-order valence-corrected chi connectivity index (χ4v) is 4.01. The van der Waals surface area contributed by atoms with Gasteiger partial charge in [-0.05, 0) is 53.4 Å². The van der Waals surface area contributed by atoms with Crippen LogP contribution in [0.5, 0.6) is 0 Å². The van der Waals surface area contributed by atoms with Crippen LogP contribution in [0.1, 0.15) is 11.4 Å². The molecular weight excluding hydrogens is 406 g/mol. The van der Waals surface area contributed by atoms with Gasteiger partial charge in [0.2, 0.25) is 5.69 Å². The van der Waals surface area contributed by atoms with Gasteiger partial charge in [0.15, 0.2) is 5.69 Å². The third-order valence-electron chi connectivity index (χ3n) is 5.64. The number of rotatable bonds is 4. The van der Waals surface area contributed by atoms with Crippen molar-refractivity contribution in [3.8, 4) is 45.0 Å². The summed E-state index contributed by atoms with van der Waals surface area (Å²) in [6, 6.07) is 33.9. The molecule has 0 aliphatic carbocycles. The molecule has 0 saturated carbocycles. The van der Waals surface area contributed by atoms with E-state index in [1.807, 2.05) is 98.8 Å². The molecule has 0 amide bonds. The fourth-order valence-electron chi connectivity index (χ4n) is 4.01. The van der Waals surface area contributed by atoms with Gasteiger partial charge in [-0.1, -0.05) is 66.7 Å². The summed E-state index contributed by atoms with van der Waals surface area (Å²) in [5, 5.41) is 13.0. The van der Waals surface area contributed by atoms with Crippen LogP contribution in [0.2, 0.25) is 0 Å². The lowest BCUT2D eigenvalue weighted by molar-refractivity contribution is -0.600. The Balaban J connectivity index is 1.60. The van der Waals surface area contributed by atoms with Gasteiger partial charge in [-0.25, -0.2) is 4.98 Å². The summed E-state index contributed by atoms with van der Waals surface area (Å²) in [6.07, 6.45) is 0. The number of hydrogen-bond donors (Lipinski definition) is 0. The van der Waals surface area contributed by atoms with Crippen molar-refractivity contribution in [1.82, 2.24) is 9.97 Å². The Kier molecular flexibility index (Phi) is 5.41. The molecule has 0 aliphatic heterocycles. The molecule has 0 fully saturated rings. The van der Waals surface area contributed by atoms with Gasteiger partial charge in [0.1, 0.15) is 5.69 Å². The van der Waals surface area contributed by atoms with E-state index in [9.17, 15) is 5.21 Å². The van der Waals surface area contributed by atoms with Crippen molar-refractivity contribution in [3.05, 3.63) is 120 Å². The highest BCUT2D eigenvalue weighted by Crippen LogP contribution is 2.28. The Labute approximate surface area is 193 Å².